The number of likely N-dealkylation sites (tertiary alicyclic amines) is 1. The number of nitrogens with zero attached hydrogens (tertiary/aromatic N) is 6. The van der Waals surface area contributed by atoms with Gasteiger partial charge in [0, 0.05) is 67.0 Å². The Hall–Kier alpha value is -3.62. The molecule has 3 fully saturated rings. The Morgan fingerprint density at radius 2 is 2.07 bits per heavy atom. The summed E-state index contributed by atoms with van der Waals surface area (Å²) >= 11 is 6.57. The molecule has 7 rings (SSSR count). The molecule has 2 aromatic carbocycles. The van der Waals surface area contributed by atoms with E-state index in [1.165, 1.54) is 0 Å². The minimum absolute atomic E-state index is 0.0205. The number of hydrogen-bond acceptors (Lipinski definition) is 9. The third kappa shape index (κ3) is 5.11. The number of ether oxygens (including phenoxy) is 2. The lowest BCUT2D eigenvalue weighted by molar-refractivity contribution is 0.0287. The summed E-state index contributed by atoms with van der Waals surface area (Å²) in [5.74, 6) is 0.00700. The molecule has 3 atom stereocenters. The maximum Gasteiger partial charge on any atom is 0.319 e. The number of fused-ring (bicyclic) bond motifs is 4. The first kappa shape index (κ1) is 27.2. The Labute approximate surface area is 248 Å². The van der Waals surface area contributed by atoms with Gasteiger partial charge in [-0.05, 0) is 24.3 Å². The molecule has 3 saturated heterocycles. The number of morpholine rings is 1. The minimum Gasteiger partial charge on any atom is -0.463 e. The molecule has 11 heteroatoms. The van der Waals surface area contributed by atoms with Crippen LogP contribution in [0.4, 0.5) is 10.2 Å². The SMILES string of the molecule is N#CC[C@H]1CN(c2nc(OCCCN3C[C@@H]4C[C@H]3CO4)nc3c(F)c(-c4cccc5cccc(Cl)c45)ncc23)CCN1. The molecule has 0 spiro atoms. The molecule has 4 aromatic rings. The summed E-state index contributed by atoms with van der Waals surface area (Å²) in [5.41, 5.74) is 0.916. The van der Waals surface area contributed by atoms with E-state index in [4.69, 9.17) is 26.1 Å². The highest BCUT2D eigenvalue weighted by atomic mass is 35.5. The average molecular weight is 588 g/mol. The van der Waals surface area contributed by atoms with Crippen LogP contribution in [-0.2, 0) is 4.74 Å². The van der Waals surface area contributed by atoms with Crippen LogP contribution in [0.1, 0.15) is 19.3 Å². The molecule has 1 N–H and O–H groups in total. The Kier molecular flexibility index (Phi) is 7.50. The third-order valence-electron chi connectivity index (χ3n) is 8.48. The van der Waals surface area contributed by atoms with Crippen molar-refractivity contribution in [1.82, 2.24) is 25.2 Å². The van der Waals surface area contributed by atoms with E-state index >= 15 is 4.39 Å². The molecule has 42 heavy (non-hydrogen) atoms. The maximum absolute atomic E-state index is 16.5. The number of piperazine rings is 1. The minimum atomic E-state index is -0.551. The average Bonchev–Trinajstić information content (AvgIpc) is 3.64. The smallest absolute Gasteiger partial charge is 0.319 e. The number of nitrogens with one attached hydrogen (secondary N) is 1. The molecular formula is C31H31ClFN7O2. The maximum atomic E-state index is 16.5. The van der Waals surface area contributed by atoms with Crippen molar-refractivity contribution in [2.24, 2.45) is 0 Å². The predicted octanol–water partition coefficient (Wildman–Crippen LogP) is 4.57. The molecule has 216 valence electrons. The van der Waals surface area contributed by atoms with Gasteiger partial charge < -0.3 is 19.7 Å². The molecule has 0 amide bonds. The summed E-state index contributed by atoms with van der Waals surface area (Å²) in [6, 6.07) is 14.1. The van der Waals surface area contributed by atoms with Gasteiger partial charge in [0.05, 0.1) is 37.2 Å². The van der Waals surface area contributed by atoms with Gasteiger partial charge in [-0.1, -0.05) is 41.9 Å². The first-order chi connectivity index (χ1) is 20.6. The molecule has 0 unspecified atom stereocenters. The van der Waals surface area contributed by atoms with E-state index in [-0.39, 0.29) is 23.3 Å². The highest BCUT2D eigenvalue weighted by Gasteiger charge is 2.38. The van der Waals surface area contributed by atoms with Crippen molar-refractivity contribution in [2.75, 3.05) is 50.8 Å². The third-order valence-corrected chi connectivity index (χ3v) is 8.79. The van der Waals surface area contributed by atoms with Gasteiger partial charge in [-0.2, -0.15) is 15.2 Å². The lowest BCUT2D eigenvalue weighted by Crippen LogP contribution is -2.51. The summed E-state index contributed by atoms with van der Waals surface area (Å²) in [5, 5.41) is 15.3. The van der Waals surface area contributed by atoms with Crippen LogP contribution in [0.5, 0.6) is 6.01 Å². The monoisotopic (exact) mass is 587 g/mol. The van der Waals surface area contributed by atoms with E-state index in [1.54, 1.807) is 12.3 Å². The largest absolute Gasteiger partial charge is 0.463 e. The summed E-state index contributed by atoms with van der Waals surface area (Å²) in [4.78, 5) is 18.4. The van der Waals surface area contributed by atoms with Crippen LogP contribution in [0.3, 0.4) is 0 Å². The number of benzene rings is 2. The van der Waals surface area contributed by atoms with E-state index in [0.29, 0.717) is 66.6 Å². The van der Waals surface area contributed by atoms with Crippen molar-refractivity contribution >= 4 is 39.1 Å². The van der Waals surface area contributed by atoms with Crippen LogP contribution >= 0.6 is 11.6 Å². The summed E-state index contributed by atoms with van der Waals surface area (Å²) < 4.78 is 28.2. The van der Waals surface area contributed by atoms with Crippen LogP contribution in [0, 0.1) is 17.1 Å². The Morgan fingerprint density at radius 3 is 2.88 bits per heavy atom. The summed E-state index contributed by atoms with van der Waals surface area (Å²) in [7, 11) is 0. The molecule has 2 aromatic heterocycles. The van der Waals surface area contributed by atoms with Gasteiger partial charge in [0.2, 0.25) is 0 Å². The van der Waals surface area contributed by atoms with E-state index in [2.05, 4.69) is 31.2 Å². The van der Waals surface area contributed by atoms with Crippen molar-refractivity contribution in [3.05, 3.63) is 53.4 Å². The highest BCUT2D eigenvalue weighted by molar-refractivity contribution is 6.36. The van der Waals surface area contributed by atoms with Gasteiger partial charge >= 0.3 is 6.01 Å². The van der Waals surface area contributed by atoms with Gasteiger partial charge in [0.25, 0.3) is 0 Å². The van der Waals surface area contributed by atoms with Gasteiger partial charge in [0.15, 0.2) is 5.82 Å². The highest BCUT2D eigenvalue weighted by Crippen LogP contribution is 2.37. The molecule has 0 aliphatic carbocycles. The van der Waals surface area contributed by atoms with Crippen LogP contribution in [0.2, 0.25) is 5.02 Å². The molecule has 9 nitrogen and oxygen atoms in total. The van der Waals surface area contributed by atoms with Crippen LogP contribution in [-0.4, -0.2) is 84.0 Å². The second-order valence-corrected chi connectivity index (χ2v) is 11.6. The quantitative estimate of drug-likeness (QED) is 0.297. The number of nitriles is 1. The van der Waals surface area contributed by atoms with E-state index < -0.39 is 5.82 Å². The fourth-order valence-electron chi connectivity index (χ4n) is 6.46. The Bertz CT molecular complexity index is 1680. The Morgan fingerprint density at radius 1 is 1.19 bits per heavy atom. The topological polar surface area (TPSA) is 99.4 Å². The number of anilines is 1. The number of rotatable bonds is 8. The zero-order chi connectivity index (χ0) is 28.6. The lowest BCUT2D eigenvalue weighted by Gasteiger charge is -2.34. The zero-order valence-corrected chi connectivity index (χ0v) is 23.9. The molecule has 3 aliphatic heterocycles. The second-order valence-electron chi connectivity index (χ2n) is 11.2. The molecule has 2 bridgehead atoms. The van der Waals surface area contributed by atoms with Crippen LogP contribution < -0.4 is 15.0 Å². The fraction of sp³-hybridized carbons (Fsp3) is 0.419. The second kappa shape index (κ2) is 11.6. The van der Waals surface area contributed by atoms with E-state index in [1.807, 2.05) is 30.3 Å². The number of aromatic nitrogens is 3. The van der Waals surface area contributed by atoms with Crippen molar-refractivity contribution in [2.45, 2.75) is 37.5 Å². The predicted molar refractivity (Wildman–Crippen MR) is 159 cm³/mol. The van der Waals surface area contributed by atoms with Crippen molar-refractivity contribution < 1.29 is 13.9 Å². The molecule has 0 radical (unpaired) electrons. The molecule has 3 aliphatic rings. The number of hydrogen-bond donors (Lipinski definition) is 1. The fourth-order valence-corrected chi connectivity index (χ4v) is 6.74. The summed E-state index contributed by atoms with van der Waals surface area (Å²) in [6.07, 6.45) is 4.26. The summed E-state index contributed by atoms with van der Waals surface area (Å²) in [6.45, 7) is 4.97. The normalized spacial score (nSPS) is 22.2. The van der Waals surface area contributed by atoms with Gasteiger partial charge in [0.1, 0.15) is 17.0 Å². The van der Waals surface area contributed by atoms with Crippen molar-refractivity contribution in [1.29, 1.82) is 5.26 Å². The van der Waals surface area contributed by atoms with Gasteiger partial charge in [-0.15, -0.1) is 0 Å². The van der Waals surface area contributed by atoms with E-state index in [9.17, 15) is 5.26 Å². The lowest BCUT2D eigenvalue weighted by atomic mass is 10.0. The van der Waals surface area contributed by atoms with E-state index in [0.717, 1.165) is 43.3 Å². The van der Waals surface area contributed by atoms with Gasteiger partial charge in [-0.3, -0.25) is 9.88 Å². The van der Waals surface area contributed by atoms with Crippen LogP contribution in [0.15, 0.2) is 42.6 Å². The number of halogens is 2. The van der Waals surface area contributed by atoms with Crippen LogP contribution in [0.25, 0.3) is 32.9 Å². The van der Waals surface area contributed by atoms with Gasteiger partial charge in [-0.25, -0.2) is 4.39 Å². The first-order valence-corrected chi connectivity index (χ1v) is 14.8. The Balaban J connectivity index is 1.24. The zero-order valence-electron chi connectivity index (χ0n) is 23.1. The molecular weight excluding hydrogens is 557 g/mol. The molecule has 5 heterocycles. The number of pyridine rings is 1. The first-order valence-electron chi connectivity index (χ1n) is 14.5. The van der Waals surface area contributed by atoms with Crippen molar-refractivity contribution in [3.8, 4) is 23.3 Å². The molecule has 0 saturated carbocycles. The van der Waals surface area contributed by atoms with Crippen molar-refractivity contribution in [3.63, 3.8) is 0 Å². The standard InChI is InChI=1S/C31H31ClFN7O2/c32-25-7-2-5-19-4-1-6-23(26(19)25)28-27(33)29-24(15-36-28)30(40-12-10-35-20(16-40)8-9-34)38-31(37-29)41-13-3-11-39-17-22-14-21(39)18-42-22/h1-2,4-7,15,20-22,35H,3,8,10-14,16-18H2/t20-,21-,22-/m0/s1.